The molecule has 1 aromatic carbocycles. The van der Waals surface area contributed by atoms with Gasteiger partial charge in [0.05, 0.1) is 40.9 Å². The highest BCUT2D eigenvalue weighted by molar-refractivity contribution is 14.1. The van der Waals surface area contributed by atoms with E-state index in [0.29, 0.717) is 16.4 Å². The summed E-state index contributed by atoms with van der Waals surface area (Å²) in [6.45, 7) is 5.65. The van der Waals surface area contributed by atoms with Crippen LogP contribution in [0.15, 0.2) is 0 Å². The van der Waals surface area contributed by atoms with E-state index in [1.165, 1.54) is 39.6 Å². The predicted molar refractivity (Wildman–Crippen MR) is 140 cm³/mol. The number of esters is 3. The molecule has 0 aromatic heterocycles. The Balaban J connectivity index is 3.66. The van der Waals surface area contributed by atoms with E-state index >= 15 is 0 Å². The van der Waals surface area contributed by atoms with Crippen molar-refractivity contribution >= 4 is 109 Å². The quantitative estimate of drug-likeness (QED) is 0.185. The van der Waals surface area contributed by atoms with E-state index in [1.54, 1.807) is 0 Å². The van der Waals surface area contributed by atoms with Crippen LogP contribution < -0.4 is 10.2 Å². The van der Waals surface area contributed by atoms with Crippen molar-refractivity contribution < 1.29 is 38.2 Å². The lowest BCUT2D eigenvalue weighted by Gasteiger charge is -2.24. The molecule has 0 radical (unpaired) electrons. The van der Waals surface area contributed by atoms with Gasteiger partial charge in [0, 0.05) is 20.9 Å². The second kappa shape index (κ2) is 12.9. The van der Waals surface area contributed by atoms with E-state index in [-0.39, 0.29) is 30.4 Å². The zero-order valence-electron chi connectivity index (χ0n) is 17.8. The number of halogens is 3. The Bertz CT molecular complexity index is 933. The van der Waals surface area contributed by atoms with E-state index in [9.17, 15) is 24.0 Å². The first-order valence-corrected chi connectivity index (χ1v) is 12.4. The average molecular weight is 786 g/mol. The number of carbonyl (C=O) groups is 5. The molecule has 176 valence electrons. The van der Waals surface area contributed by atoms with Crippen LogP contribution in [0.1, 0.15) is 38.1 Å². The molecule has 0 fully saturated rings. The van der Waals surface area contributed by atoms with Crippen molar-refractivity contribution in [3.05, 3.63) is 16.3 Å². The van der Waals surface area contributed by atoms with Gasteiger partial charge in [-0.1, -0.05) is 0 Å². The number of hydrogen-bond acceptors (Lipinski definition) is 8. The van der Waals surface area contributed by atoms with Gasteiger partial charge in [-0.05, 0) is 81.6 Å². The van der Waals surface area contributed by atoms with Crippen LogP contribution in [-0.2, 0) is 33.4 Å². The molecule has 0 bridgehead atoms. The molecule has 0 aliphatic heterocycles. The van der Waals surface area contributed by atoms with Gasteiger partial charge >= 0.3 is 17.9 Å². The van der Waals surface area contributed by atoms with Crippen LogP contribution in [-0.4, -0.2) is 56.1 Å². The van der Waals surface area contributed by atoms with Gasteiger partial charge in [0.2, 0.25) is 11.8 Å². The minimum Gasteiger partial charge on any atom is -0.463 e. The van der Waals surface area contributed by atoms with Gasteiger partial charge in [0.25, 0.3) is 6.10 Å². The molecule has 1 N–H and O–H groups in total. The SMILES string of the molecule is CCOC(=O)C(OC(=O)c1c(I)c(NC(C)=O)c(I)c(N(C)C(C)=O)c1I)C(=O)OCC. The number of carbonyl (C=O) groups excluding carboxylic acids is 5. The van der Waals surface area contributed by atoms with Crippen LogP contribution >= 0.6 is 67.8 Å². The van der Waals surface area contributed by atoms with Crippen LogP contribution in [0.3, 0.4) is 0 Å². The molecule has 10 nitrogen and oxygen atoms in total. The smallest absolute Gasteiger partial charge is 0.359 e. The third-order valence-electron chi connectivity index (χ3n) is 3.83. The lowest BCUT2D eigenvalue weighted by atomic mass is 10.1. The standard InChI is InChI=1S/C19H21I3N2O8/c1-6-30-18(28)16(19(29)31-7-2)32-17(27)10-11(20)14(23-8(3)25)13(22)15(12(10)21)24(5)9(4)26/h16H,6-7H2,1-5H3,(H,23,25). The highest BCUT2D eigenvalue weighted by Crippen LogP contribution is 2.40. The number of nitrogens with zero attached hydrogens (tertiary/aromatic N) is 1. The van der Waals surface area contributed by atoms with Crippen molar-refractivity contribution in [2.75, 3.05) is 30.5 Å². The van der Waals surface area contributed by atoms with Crippen molar-refractivity contribution in [2.24, 2.45) is 0 Å². The zero-order valence-corrected chi connectivity index (χ0v) is 24.3. The molecular formula is C19H21I3N2O8. The summed E-state index contributed by atoms with van der Waals surface area (Å²) in [5.41, 5.74) is 0.619. The Morgan fingerprint density at radius 2 is 1.41 bits per heavy atom. The summed E-state index contributed by atoms with van der Waals surface area (Å²) in [6, 6.07) is 0. The number of nitrogens with one attached hydrogen (secondary N) is 1. The Kier molecular flexibility index (Phi) is 11.6. The fraction of sp³-hybridized carbons (Fsp3) is 0.421. The Labute approximate surface area is 225 Å². The normalized spacial score (nSPS) is 10.4. The number of amides is 2. The highest BCUT2D eigenvalue weighted by atomic mass is 127. The summed E-state index contributed by atoms with van der Waals surface area (Å²) in [6.07, 6.45) is -1.92. The molecule has 0 unspecified atom stereocenters. The number of rotatable bonds is 8. The van der Waals surface area contributed by atoms with Gasteiger partial charge in [-0.15, -0.1) is 0 Å². The maximum Gasteiger partial charge on any atom is 0.359 e. The largest absolute Gasteiger partial charge is 0.463 e. The lowest BCUT2D eigenvalue weighted by Crippen LogP contribution is -2.38. The van der Waals surface area contributed by atoms with Crippen molar-refractivity contribution in [3.8, 4) is 0 Å². The van der Waals surface area contributed by atoms with Gasteiger partial charge in [0.1, 0.15) is 0 Å². The molecule has 0 aliphatic carbocycles. The molecule has 0 atom stereocenters. The molecular weight excluding hydrogens is 765 g/mol. The first kappa shape index (κ1) is 28.8. The minimum absolute atomic E-state index is 0.0305. The fourth-order valence-electron chi connectivity index (χ4n) is 2.36. The summed E-state index contributed by atoms with van der Waals surface area (Å²) in [7, 11) is 1.52. The molecule has 1 rings (SSSR count). The van der Waals surface area contributed by atoms with Crippen molar-refractivity contribution in [1.29, 1.82) is 0 Å². The van der Waals surface area contributed by atoms with Crippen LogP contribution in [0, 0.1) is 10.7 Å². The second-order valence-corrected chi connectivity index (χ2v) is 9.33. The van der Waals surface area contributed by atoms with Gasteiger partial charge in [-0.25, -0.2) is 14.4 Å². The average Bonchev–Trinajstić information content (AvgIpc) is 2.69. The van der Waals surface area contributed by atoms with E-state index in [1.807, 2.05) is 67.8 Å². The van der Waals surface area contributed by atoms with E-state index in [0.717, 1.165) is 0 Å². The molecule has 32 heavy (non-hydrogen) atoms. The summed E-state index contributed by atoms with van der Waals surface area (Å²) in [5, 5.41) is 2.65. The highest BCUT2D eigenvalue weighted by Gasteiger charge is 2.36. The Morgan fingerprint density at radius 3 is 1.81 bits per heavy atom. The first-order valence-electron chi connectivity index (χ1n) is 9.15. The lowest BCUT2D eigenvalue weighted by molar-refractivity contribution is -0.168. The van der Waals surface area contributed by atoms with Crippen molar-refractivity contribution in [2.45, 2.75) is 33.8 Å². The Morgan fingerprint density at radius 1 is 0.906 bits per heavy atom. The molecule has 0 heterocycles. The van der Waals surface area contributed by atoms with Crippen LogP contribution in [0.5, 0.6) is 0 Å². The second-order valence-electron chi connectivity index (χ2n) is 6.09. The third-order valence-corrected chi connectivity index (χ3v) is 7.01. The van der Waals surface area contributed by atoms with E-state index in [2.05, 4.69) is 5.32 Å². The van der Waals surface area contributed by atoms with E-state index in [4.69, 9.17) is 14.2 Å². The van der Waals surface area contributed by atoms with Crippen LogP contribution in [0.4, 0.5) is 11.4 Å². The van der Waals surface area contributed by atoms with Gasteiger partial charge in [0.15, 0.2) is 0 Å². The van der Waals surface area contributed by atoms with Gasteiger partial charge in [-0.2, -0.15) is 0 Å². The van der Waals surface area contributed by atoms with Gasteiger partial charge < -0.3 is 24.4 Å². The van der Waals surface area contributed by atoms with Crippen LogP contribution in [0.25, 0.3) is 0 Å². The molecule has 0 saturated heterocycles. The fourth-order valence-corrected chi connectivity index (χ4v) is 6.96. The molecule has 2 amide bonds. The van der Waals surface area contributed by atoms with Crippen LogP contribution in [0.2, 0.25) is 0 Å². The molecule has 0 aliphatic rings. The minimum atomic E-state index is -1.92. The van der Waals surface area contributed by atoms with Crippen molar-refractivity contribution in [3.63, 3.8) is 0 Å². The molecule has 1 aromatic rings. The molecule has 0 spiro atoms. The number of ether oxygens (including phenoxy) is 3. The number of hydrogen-bond donors (Lipinski definition) is 1. The molecule has 0 saturated carbocycles. The maximum atomic E-state index is 13.1. The summed E-state index contributed by atoms with van der Waals surface area (Å²) in [5.74, 6) is -3.87. The monoisotopic (exact) mass is 786 g/mol. The number of benzene rings is 1. The zero-order chi connectivity index (χ0) is 24.7. The summed E-state index contributed by atoms with van der Waals surface area (Å²) >= 11 is 5.69. The number of anilines is 2. The first-order chi connectivity index (χ1) is 14.9. The summed E-state index contributed by atoms with van der Waals surface area (Å²) in [4.78, 5) is 62.7. The third kappa shape index (κ3) is 6.88. The molecule has 13 heteroatoms. The van der Waals surface area contributed by atoms with Gasteiger partial charge in [-0.3, -0.25) is 9.59 Å². The van der Waals surface area contributed by atoms with E-state index < -0.39 is 29.9 Å². The maximum absolute atomic E-state index is 13.1. The van der Waals surface area contributed by atoms with Crippen molar-refractivity contribution in [1.82, 2.24) is 0 Å². The topological polar surface area (TPSA) is 128 Å². The predicted octanol–water partition coefficient (Wildman–Crippen LogP) is 3.09. The summed E-state index contributed by atoms with van der Waals surface area (Å²) < 4.78 is 16.0. The Hall–Kier alpha value is -1.24.